The summed E-state index contributed by atoms with van der Waals surface area (Å²) in [5.74, 6) is -0.00153. The summed E-state index contributed by atoms with van der Waals surface area (Å²) in [4.78, 5) is 24.6. The molecule has 0 aliphatic heterocycles. The molecule has 2 heterocycles. The number of thiophene rings is 1. The molecule has 0 unspecified atom stereocenters. The highest BCUT2D eigenvalue weighted by Gasteiger charge is 2.16. The fourth-order valence-corrected chi connectivity index (χ4v) is 2.83. The summed E-state index contributed by atoms with van der Waals surface area (Å²) in [6.07, 6.45) is 0. The number of thioether (sulfide) groups is 1. The highest BCUT2D eigenvalue weighted by atomic mass is 32.2. The van der Waals surface area contributed by atoms with Gasteiger partial charge in [0.05, 0.1) is 11.8 Å². The zero-order valence-corrected chi connectivity index (χ0v) is 12.4. The third kappa shape index (κ3) is 4.07. The van der Waals surface area contributed by atoms with Gasteiger partial charge in [-0.15, -0.1) is 11.3 Å². The van der Waals surface area contributed by atoms with Crippen molar-refractivity contribution in [1.29, 1.82) is 0 Å². The van der Waals surface area contributed by atoms with Gasteiger partial charge in [0.2, 0.25) is 17.8 Å². The van der Waals surface area contributed by atoms with Gasteiger partial charge in [-0.1, -0.05) is 17.8 Å². The molecular weight excluding hydrogens is 296 g/mol. The van der Waals surface area contributed by atoms with Crippen LogP contribution in [0.15, 0.2) is 22.7 Å². The quantitative estimate of drug-likeness (QED) is 0.701. The maximum atomic E-state index is 12.0. The molecular formula is C11H14N6OS2. The predicted molar refractivity (Wildman–Crippen MR) is 80.1 cm³/mol. The monoisotopic (exact) mass is 310 g/mol. The number of nitrogens with two attached hydrogens (primary N) is 2. The minimum atomic E-state index is -0.351. The normalized spacial score (nSPS) is 12.1. The Bertz CT molecular complexity index is 568. The molecule has 0 aliphatic carbocycles. The van der Waals surface area contributed by atoms with Crippen LogP contribution in [0, 0.1) is 0 Å². The Kier molecular flexibility index (Phi) is 4.74. The lowest BCUT2D eigenvalue weighted by atomic mass is 10.4. The Morgan fingerprint density at radius 1 is 1.40 bits per heavy atom. The molecule has 0 radical (unpaired) electrons. The number of anilines is 2. The number of hydrogen-bond acceptors (Lipinski definition) is 8. The number of carbonyl (C=O) groups excluding carboxylic acids is 1. The van der Waals surface area contributed by atoms with Crippen molar-refractivity contribution < 1.29 is 4.79 Å². The molecule has 1 amide bonds. The molecule has 0 aromatic carbocycles. The maximum Gasteiger partial charge on any atom is 0.233 e. The SMILES string of the molecule is C[C@@H](Sc1nc(N)nc(N)n1)C(=O)NCc1cccs1. The van der Waals surface area contributed by atoms with Crippen LogP contribution in [0.2, 0.25) is 0 Å². The van der Waals surface area contributed by atoms with Crippen molar-refractivity contribution in [3.63, 3.8) is 0 Å². The molecule has 20 heavy (non-hydrogen) atoms. The van der Waals surface area contributed by atoms with Crippen LogP contribution in [0.5, 0.6) is 0 Å². The Labute approximate surface area is 124 Å². The first-order valence-electron chi connectivity index (χ1n) is 5.78. The molecule has 2 rings (SSSR count). The van der Waals surface area contributed by atoms with E-state index in [1.807, 2.05) is 17.5 Å². The minimum Gasteiger partial charge on any atom is -0.368 e. The molecule has 0 aliphatic rings. The number of carbonyl (C=O) groups is 1. The van der Waals surface area contributed by atoms with Crippen molar-refractivity contribution in [3.05, 3.63) is 22.4 Å². The topological polar surface area (TPSA) is 120 Å². The number of nitrogens with zero attached hydrogens (tertiary/aromatic N) is 3. The Morgan fingerprint density at radius 3 is 2.70 bits per heavy atom. The highest BCUT2D eigenvalue weighted by molar-refractivity contribution is 8.00. The van der Waals surface area contributed by atoms with Gasteiger partial charge < -0.3 is 16.8 Å². The van der Waals surface area contributed by atoms with Crippen LogP contribution in [0.4, 0.5) is 11.9 Å². The van der Waals surface area contributed by atoms with Crippen molar-refractivity contribution in [3.8, 4) is 0 Å². The standard InChI is InChI=1S/C11H14N6OS2/c1-6(8(18)14-5-7-3-2-4-19-7)20-11-16-9(12)15-10(13)17-11/h2-4,6H,5H2,1H3,(H,14,18)(H4,12,13,15,16,17)/t6-/m1/s1. The smallest absolute Gasteiger partial charge is 0.233 e. The molecule has 0 fully saturated rings. The number of hydrogen-bond donors (Lipinski definition) is 3. The third-order valence-corrected chi connectivity index (χ3v) is 4.16. The molecule has 0 saturated carbocycles. The fraction of sp³-hybridized carbons (Fsp3) is 0.273. The number of nitrogen functional groups attached to an aromatic ring is 2. The van der Waals surface area contributed by atoms with Gasteiger partial charge in [-0.25, -0.2) is 0 Å². The predicted octanol–water partition coefficient (Wildman–Crippen LogP) is 0.894. The van der Waals surface area contributed by atoms with E-state index in [1.165, 1.54) is 11.8 Å². The third-order valence-electron chi connectivity index (χ3n) is 2.32. The first-order valence-corrected chi connectivity index (χ1v) is 7.54. The van der Waals surface area contributed by atoms with E-state index in [1.54, 1.807) is 18.3 Å². The van der Waals surface area contributed by atoms with Crippen molar-refractivity contribution in [2.24, 2.45) is 0 Å². The lowest BCUT2D eigenvalue weighted by Gasteiger charge is -2.10. The minimum absolute atomic E-state index is 0.0474. The van der Waals surface area contributed by atoms with Gasteiger partial charge in [0.1, 0.15) is 0 Å². The second-order valence-corrected chi connectivity index (χ2v) is 6.23. The lowest BCUT2D eigenvalue weighted by molar-refractivity contribution is -0.120. The average molecular weight is 310 g/mol. The van der Waals surface area contributed by atoms with Gasteiger partial charge in [-0.3, -0.25) is 4.79 Å². The molecule has 0 bridgehead atoms. The molecule has 2 aromatic heterocycles. The highest BCUT2D eigenvalue weighted by Crippen LogP contribution is 2.20. The molecule has 5 N–H and O–H groups in total. The molecule has 0 saturated heterocycles. The first-order chi connectivity index (χ1) is 9.54. The molecule has 1 atom stereocenters. The van der Waals surface area contributed by atoms with E-state index in [-0.39, 0.29) is 23.1 Å². The van der Waals surface area contributed by atoms with E-state index in [0.717, 1.165) is 4.88 Å². The van der Waals surface area contributed by atoms with Gasteiger partial charge in [0.15, 0.2) is 5.16 Å². The molecule has 106 valence electrons. The van der Waals surface area contributed by atoms with E-state index in [4.69, 9.17) is 11.5 Å². The average Bonchev–Trinajstić information content (AvgIpc) is 2.87. The van der Waals surface area contributed by atoms with Crippen LogP contribution in [-0.2, 0) is 11.3 Å². The Hall–Kier alpha value is -1.87. The molecule has 0 spiro atoms. The molecule has 2 aromatic rings. The second-order valence-electron chi connectivity index (χ2n) is 3.89. The summed E-state index contributed by atoms with van der Waals surface area (Å²) in [6.45, 7) is 2.29. The van der Waals surface area contributed by atoms with Crippen LogP contribution in [-0.4, -0.2) is 26.1 Å². The van der Waals surface area contributed by atoms with Crippen molar-refractivity contribution in [2.45, 2.75) is 23.9 Å². The lowest BCUT2D eigenvalue weighted by Crippen LogP contribution is -2.30. The number of rotatable bonds is 5. The number of nitrogens with one attached hydrogen (secondary N) is 1. The summed E-state index contributed by atoms with van der Waals surface area (Å²) in [5, 5.41) is 4.81. The largest absolute Gasteiger partial charge is 0.368 e. The summed E-state index contributed by atoms with van der Waals surface area (Å²) >= 11 is 2.78. The number of aromatic nitrogens is 3. The zero-order valence-electron chi connectivity index (χ0n) is 10.7. The van der Waals surface area contributed by atoms with Crippen molar-refractivity contribution >= 4 is 40.9 Å². The van der Waals surface area contributed by atoms with Crippen molar-refractivity contribution in [1.82, 2.24) is 20.3 Å². The Balaban J connectivity index is 1.90. The fourth-order valence-electron chi connectivity index (χ4n) is 1.38. The summed E-state index contributed by atoms with van der Waals surface area (Å²) < 4.78 is 0. The zero-order chi connectivity index (χ0) is 14.5. The first kappa shape index (κ1) is 14.5. The second kappa shape index (κ2) is 6.53. The van der Waals surface area contributed by atoms with Crippen molar-refractivity contribution in [2.75, 3.05) is 11.5 Å². The van der Waals surface area contributed by atoms with E-state index in [0.29, 0.717) is 11.7 Å². The van der Waals surface area contributed by atoms with Gasteiger partial charge in [-0.2, -0.15) is 15.0 Å². The summed E-state index contributed by atoms with van der Waals surface area (Å²) in [5.41, 5.74) is 11.0. The summed E-state index contributed by atoms with van der Waals surface area (Å²) in [6, 6.07) is 3.91. The van der Waals surface area contributed by atoms with Crippen LogP contribution in [0.25, 0.3) is 0 Å². The van der Waals surface area contributed by atoms with Gasteiger partial charge in [0.25, 0.3) is 0 Å². The van der Waals surface area contributed by atoms with Crippen LogP contribution >= 0.6 is 23.1 Å². The van der Waals surface area contributed by atoms with E-state index in [2.05, 4.69) is 20.3 Å². The van der Waals surface area contributed by atoms with Crippen LogP contribution in [0.3, 0.4) is 0 Å². The van der Waals surface area contributed by atoms with E-state index < -0.39 is 0 Å². The maximum absolute atomic E-state index is 12.0. The molecule has 7 nitrogen and oxygen atoms in total. The van der Waals surface area contributed by atoms with Gasteiger partial charge in [0, 0.05) is 4.88 Å². The van der Waals surface area contributed by atoms with Gasteiger partial charge >= 0.3 is 0 Å². The van der Waals surface area contributed by atoms with Crippen LogP contribution < -0.4 is 16.8 Å². The summed E-state index contributed by atoms with van der Waals surface area (Å²) in [7, 11) is 0. The Morgan fingerprint density at radius 2 is 2.10 bits per heavy atom. The molecule has 9 heteroatoms. The van der Waals surface area contributed by atoms with E-state index >= 15 is 0 Å². The van der Waals surface area contributed by atoms with E-state index in [9.17, 15) is 4.79 Å². The van der Waals surface area contributed by atoms with Crippen LogP contribution in [0.1, 0.15) is 11.8 Å². The van der Waals surface area contributed by atoms with Gasteiger partial charge in [-0.05, 0) is 18.4 Å². The number of amides is 1.